The monoisotopic (exact) mass is 399 g/mol. The lowest BCUT2D eigenvalue weighted by molar-refractivity contribution is -0.154. The molecule has 144 valence electrons. The van der Waals surface area contributed by atoms with Gasteiger partial charge in [-0.25, -0.2) is 0 Å². The van der Waals surface area contributed by atoms with Crippen molar-refractivity contribution in [1.82, 2.24) is 5.32 Å². The summed E-state index contributed by atoms with van der Waals surface area (Å²) in [6.45, 7) is 7.19. The molecule has 2 unspecified atom stereocenters. The van der Waals surface area contributed by atoms with E-state index in [2.05, 4.69) is 5.32 Å². The summed E-state index contributed by atoms with van der Waals surface area (Å²) >= 11 is 12.8. The van der Waals surface area contributed by atoms with Crippen molar-refractivity contribution in [3.8, 4) is 0 Å². The first-order chi connectivity index (χ1) is 12.2. The summed E-state index contributed by atoms with van der Waals surface area (Å²) < 4.78 is 11.5. The van der Waals surface area contributed by atoms with E-state index in [1.165, 1.54) is 0 Å². The number of carbonyl (C=O) groups is 1. The summed E-state index contributed by atoms with van der Waals surface area (Å²) in [6.07, 6.45) is 3.75. The number of carbonyl (C=O) groups excluding carboxylic acids is 1. The number of halogens is 2. The number of morpholine rings is 1. The highest BCUT2D eigenvalue weighted by Gasteiger charge is 2.48. The Bertz CT molecular complexity index is 676. The van der Waals surface area contributed by atoms with E-state index in [9.17, 15) is 4.79 Å². The second-order valence-electron chi connectivity index (χ2n) is 8.27. The smallest absolute Gasteiger partial charge is 0.306 e. The zero-order valence-corrected chi connectivity index (χ0v) is 17.2. The van der Waals surface area contributed by atoms with E-state index in [0.717, 1.165) is 50.0 Å². The summed E-state index contributed by atoms with van der Waals surface area (Å²) in [6, 6.07) is 4.32. The molecule has 4 nitrogen and oxygen atoms in total. The van der Waals surface area contributed by atoms with Crippen LogP contribution in [0.3, 0.4) is 0 Å². The average Bonchev–Trinajstić information content (AvgIpc) is 3.15. The normalized spacial score (nSPS) is 24.9. The van der Waals surface area contributed by atoms with Crippen molar-refractivity contribution >= 4 is 29.2 Å². The fourth-order valence-electron chi connectivity index (χ4n) is 3.85. The van der Waals surface area contributed by atoms with Gasteiger partial charge in [-0.05, 0) is 63.6 Å². The van der Waals surface area contributed by atoms with E-state index in [4.69, 9.17) is 32.7 Å². The van der Waals surface area contributed by atoms with E-state index in [0.29, 0.717) is 22.5 Å². The number of hydrogen-bond donors (Lipinski definition) is 1. The lowest BCUT2D eigenvalue weighted by atomic mass is 9.87. The summed E-state index contributed by atoms with van der Waals surface area (Å²) in [5.74, 6) is -0.157. The molecule has 2 fully saturated rings. The summed E-state index contributed by atoms with van der Waals surface area (Å²) in [7, 11) is 0. The van der Waals surface area contributed by atoms with Gasteiger partial charge in [-0.1, -0.05) is 29.3 Å². The number of fused-ring (bicyclic) bond motifs is 2. The number of benzene rings is 1. The van der Waals surface area contributed by atoms with Gasteiger partial charge in [0.15, 0.2) is 0 Å². The van der Waals surface area contributed by atoms with Gasteiger partial charge in [-0.3, -0.25) is 4.79 Å². The minimum atomic E-state index is -0.439. The molecule has 0 aromatic heterocycles. The number of ether oxygens (including phenoxy) is 2. The van der Waals surface area contributed by atoms with Crippen molar-refractivity contribution in [1.29, 1.82) is 0 Å². The SMILES string of the molecule is CC(C)(C)OC(=O)CCCCc1c(C23CNC(CO2)C3)ccc(Cl)c1Cl. The maximum atomic E-state index is 11.9. The molecule has 3 rings (SSSR count). The molecule has 1 aromatic rings. The second-order valence-corrected chi connectivity index (χ2v) is 9.05. The standard InChI is InChI=1S/C20H27Cl2NO3/c1-19(2,3)26-17(24)7-5-4-6-14-15(8-9-16(21)18(14)22)20-10-13(11-25-20)23-12-20/h8-9,13,23H,4-7,10-12H2,1-3H3. The van der Waals surface area contributed by atoms with E-state index in [-0.39, 0.29) is 11.6 Å². The van der Waals surface area contributed by atoms with Crippen molar-refractivity contribution in [2.75, 3.05) is 13.2 Å². The number of unbranched alkanes of at least 4 members (excludes halogenated alkanes) is 1. The van der Waals surface area contributed by atoms with E-state index >= 15 is 0 Å². The largest absolute Gasteiger partial charge is 0.460 e. The number of rotatable bonds is 6. The van der Waals surface area contributed by atoms with Crippen LogP contribution in [0.1, 0.15) is 57.6 Å². The van der Waals surface area contributed by atoms with Crippen molar-refractivity contribution in [2.45, 2.75) is 70.1 Å². The zero-order chi connectivity index (χ0) is 18.9. The molecule has 0 spiro atoms. The molecule has 0 radical (unpaired) electrons. The minimum absolute atomic E-state index is 0.157. The summed E-state index contributed by atoms with van der Waals surface area (Å²) in [4.78, 5) is 11.9. The Hall–Kier alpha value is -0.810. The van der Waals surface area contributed by atoms with Gasteiger partial charge in [0, 0.05) is 19.0 Å². The first-order valence-electron chi connectivity index (χ1n) is 9.27. The third-order valence-electron chi connectivity index (χ3n) is 4.98. The lowest BCUT2D eigenvalue weighted by Gasteiger charge is -2.30. The number of esters is 1. The van der Waals surface area contributed by atoms with Crippen LogP contribution in [-0.2, 0) is 26.3 Å². The summed E-state index contributed by atoms with van der Waals surface area (Å²) in [5.41, 5.74) is 1.45. The van der Waals surface area contributed by atoms with Gasteiger partial charge in [0.2, 0.25) is 0 Å². The quantitative estimate of drug-likeness (QED) is 0.559. The molecule has 2 aliphatic heterocycles. The average molecular weight is 400 g/mol. The fourth-order valence-corrected chi connectivity index (χ4v) is 4.29. The Morgan fingerprint density at radius 1 is 1.35 bits per heavy atom. The van der Waals surface area contributed by atoms with Crippen molar-refractivity contribution < 1.29 is 14.3 Å². The van der Waals surface area contributed by atoms with Crippen molar-refractivity contribution in [3.63, 3.8) is 0 Å². The molecule has 0 saturated carbocycles. The van der Waals surface area contributed by atoms with Crippen LogP contribution in [0.4, 0.5) is 0 Å². The van der Waals surface area contributed by atoms with Crippen LogP contribution in [0.2, 0.25) is 10.0 Å². The molecule has 6 heteroatoms. The van der Waals surface area contributed by atoms with Gasteiger partial charge in [0.05, 0.1) is 16.7 Å². The predicted octanol–water partition coefficient (Wildman–Crippen LogP) is 4.64. The van der Waals surface area contributed by atoms with Crippen LogP contribution in [-0.4, -0.2) is 30.8 Å². The van der Waals surface area contributed by atoms with Crippen molar-refractivity contribution in [3.05, 3.63) is 33.3 Å². The van der Waals surface area contributed by atoms with E-state index in [1.807, 2.05) is 32.9 Å². The maximum absolute atomic E-state index is 11.9. The number of hydrogen-bond acceptors (Lipinski definition) is 4. The molecule has 0 aliphatic carbocycles. The number of nitrogens with one attached hydrogen (secondary N) is 1. The summed E-state index contributed by atoms with van der Waals surface area (Å²) in [5, 5.41) is 4.67. The lowest BCUT2D eigenvalue weighted by Crippen LogP contribution is -2.38. The Morgan fingerprint density at radius 2 is 2.12 bits per heavy atom. The Balaban J connectivity index is 1.66. The van der Waals surface area contributed by atoms with Crippen LogP contribution in [0.15, 0.2) is 12.1 Å². The fraction of sp³-hybridized carbons (Fsp3) is 0.650. The van der Waals surface area contributed by atoms with Crippen LogP contribution < -0.4 is 5.32 Å². The molecular weight excluding hydrogens is 373 g/mol. The topological polar surface area (TPSA) is 47.6 Å². The Labute approximate surface area is 165 Å². The molecule has 2 atom stereocenters. The predicted molar refractivity (Wildman–Crippen MR) is 104 cm³/mol. The van der Waals surface area contributed by atoms with Gasteiger partial charge in [0.1, 0.15) is 11.2 Å². The van der Waals surface area contributed by atoms with Gasteiger partial charge in [0.25, 0.3) is 0 Å². The molecule has 2 bridgehead atoms. The van der Waals surface area contributed by atoms with Gasteiger partial charge in [-0.15, -0.1) is 0 Å². The molecule has 26 heavy (non-hydrogen) atoms. The minimum Gasteiger partial charge on any atom is -0.460 e. The van der Waals surface area contributed by atoms with Crippen molar-refractivity contribution in [2.24, 2.45) is 0 Å². The first kappa shape index (κ1) is 19.9. The molecular formula is C20H27Cl2NO3. The van der Waals surface area contributed by atoms with Crippen LogP contribution in [0.25, 0.3) is 0 Å². The Morgan fingerprint density at radius 3 is 2.69 bits per heavy atom. The molecule has 2 saturated heterocycles. The molecule has 1 N–H and O–H groups in total. The second kappa shape index (κ2) is 7.67. The third-order valence-corrected chi connectivity index (χ3v) is 5.82. The highest BCUT2D eigenvalue weighted by molar-refractivity contribution is 6.42. The Kier molecular flexibility index (Phi) is 5.88. The molecule has 2 heterocycles. The van der Waals surface area contributed by atoms with Crippen LogP contribution in [0.5, 0.6) is 0 Å². The van der Waals surface area contributed by atoms with Crippen LogP contribution >= 0.6 is 23.2 Å². The molecule has 2 aliphatic rings. The maximum Gasteiger partial charge on any atom is 0.306 e. The van der Waals surface area contributed by atoms with E-state index < -0.39 is 5.60 Å². The zero-order valence-electron chi connectivity index (χ0n) is 15.7. The van der Waals surface area contributed by atoms with Gasteiger partial charge >= 0.3 is 5.97 Å². The first-order valence-corrected chi connectivity index (χ1v) is 10.0. The van der Waals surface area contributed by atoms with Gasteiger partial charge < -0.3 is 14.8 Å². The van der Waals surface area contributed by atoms with Crippen LogP contribution in [0, 0.1) is 0 Å². The molecule has 1 aromatic carbocycles. The highest BCUT2D eigenvalue weighted by atomic mass is 35.5. The third kappa shape index (κ3) is 4.36. The molecule has 0 amide bonds. The van der Waals surface area contributed by atoms with Gasteiger partial charge in [-0.2, -0.15) is 0 Å². The highest BCUT2D eigenvalue weighted by Crippen LogP contribution is 2.44. The van der Waals surface area contributed by atoms with E-state index in [1.54, 1.807) is 0 Å².